The van der Waals surface area contributed by atoms with E-state index in [0.29, 0.717) is 35.5 Å². The SMILES string of the molecule is COc1ccccc1-n1nnnc1SCC(=O)N(C)CC1COc2ccccc2O1. The van der Waals surface area contributed by atoms with Gasteiger partial charge in [0.1, 0.15) is 18.0 Å². The zero-order chi connectivity index (χ0) is 20.9. The molecule has 0 radical (unpaired) electrons. The second kappa shape index (κ2) is 9.04. The van der Waals surface area contributed by atoms with Crippen molar-refractivity contribution in [3.05, 3.63) is 48.5 Å². The number of nitrogens with zero attached hydrogens (tertiary/aromatic N) is 5. The first kappa shape index (κ1) is 20.0. The van der Waals surface area contributed by atoms with Crippen LogP contribution in [0.25, 0.3) is 5.69 Å². The number of amides is 1. The number of hydrogen-bond acceptors (Lipinski definition) is 8. The normalized spacial score (nSPS) is 14.9. The molecule has 1 aliphatic heterocycles. The maximum Gasteiger partial charge on any atom is 0.232 e. The molecule has 9 nitrogen and oxygen atoms in total. The van der Waals surface area contributed by atoms with Gasteiger partial charge in [0.25, 0.3) is 0 Å². The summed E-state index contributed by atoms with van der Waals surface area (Å²) < 4.78 is 18.6. The number of fused-ring (bicyclic) bond motifs is 1. The van der Waals surface area contributed by atoms with Crippen LogP contribution in [-0.4, -0.2) is 70.2 Å². The van der Waals surface area contributed by atoms with E-state index in [-0.39, 0.29) is 17.8 Å². The molecule has 10 heteroatoms. The third-order valence-corrected chi connectivity index (χ3v) is 5.45. The Morgan fingerprint density at radius 1 is 1.23 bits per heavy atom. The van der Waals surface area contributed by atoms with Crippen molar-refractivity contribution in [3.63, 3.8) is 0 Å². The lowest BCUT2D eigenvalue weighted by molar-refractivity contribution is -0.128. The number of tetrazole rings is 1. The van der Waals surface area contributed by atoms with Crippen LogP contribution < -0.4 is 14.2 Å². The number of hydrogen-bond donors (Lipinski definition) is 0. The zero-order valence-corrected chi connectivity index (χ0v) is 17.4. The molecule has 1 amide bonds. The maximum atomic E-state index is 12.6. The van der Waals surface area contributed by atoms with Gasteiger partial charge in [-0.15, -0.1) is 5.10 Å². The van der Waals surface area contributed by atoms with E-state index in [9.17, 15) is 4.79 Å². The predicted octanol–water partition coefficient (Wildman–Crippen LogP) is 2.06. The smallest absolute Gasteiger partial charge is 0.232 e. The van der Waals surface area contributed by atoms with Crippen LogP contribution in [0.3, 0.4) is 0 Å². The predicted molar refractivity (Wildman–Crippen MR) is 110 cm³/mol. The van der Waals surface area contributed by atoms with Gasteiger partial charge in [0.15, 0.2) is 17.6 Å². The van der Waals surface area contributed by atoms with Gasteiger partial charge in [0.05, 0.1) is 19.4 Å². The minimum absolute atomic E-state index is 0.0583. The van der Waals surface area contributed by atoms with Crippen LogP contribution in [0.2, 0.25) is 0 Å². The van der Waals surface area contributed by atoms with E-state index < -0.39 is 0 Å². The highest BCUT2D eigenvalue weighted by Gasteiger charge is 2.24. The molecule has 156 valence electrons. The molecule has 2 aromatic carbocycles. The van der Waals surface area contributed by atoms with Crippen molar-refractivity contribution < 1.29 is 19.0 Å². The number of rotatable bonds is 7. The van der Waals surface area contributed by atoms with Crippen molar-refractivity contribution >= 4 is 17.7 Å². The molecule has 1 unspecified atom stereocenters. The highest BCUT2D eigenvalue weighted by molar-refractivity contribution is 7.99. The first-order valence-corrected chi connectivity index (χ1v) is 10.3. The molecule has 0 fully saturated rings. The second-order valence-electron chi connectivity index (χ2n) is 6.61. The van der Waals surface area contributed by atoms with E-state index >= 15 is 0 Å². The monoisotopic (exact) mass is 427 g/mol. The van der Waals surface area contributed by atoms with Gasteiger partial charge in [-0.2, -0.15) is 4.68 Å². The largest absolute Gasteiger partial charge is 0.494 e. The summed E-state index contributed by atoms with van der Waals surface area (Å²) >= 11 is 1.26. The lowest BCUT2D eigenvalue weighted by Crippen LogP contribution is -2.42. The van der Waals surface area contributed by atoms with Crippen LogP contribution in [0.4, 0.5) is 0 Å². The molecular weight excluding hydrogens is 406 g/mol. The van der Waals surface area contributed by atoms with Crippen LogP contribution in [0, 0.1) is 0 Å². The number of ether oxygens (including phenoxy) is 3. The maximum absolute atomic E-state index is 12.6. The number of carbonyl (C=O) groups excluding carboxylic acids is 1. The molecule has 30 heavy (non-hydrogen) atoms. The Balaban J connectivity index is 1.35. The van der Waals surface area contributed by atoms with Crippen molar-refractivity contribution in [2.45, 2.75) is 11.3 Å². The topological polar surface area (TPSA) is 91.6 Å². The number of para-hydroxylation sites is 4. The van der Waals surface area contributed by atoms with Gasteiger partial charge in [0.2, 0.25) is 11.1 Å². The van der Waals surface area contributed by atoms with E-state index in [4.69, 9.17) is 14.2 Å². The molecular formula is C20H21N5O4S. The molecule has 3 aromatic rings. The first-order chi connectivity index (χ1) is 14.7. The number of methoxy groups -OCH3 is 1. The number of likely N-dealkylation sites (N-methyl/N-ethyl adjacent to an activating group) is 1. The standard InChI is InChI=1S/C20H21N5O4S/c1-24(11-14-12-28-17-9-5-6-10-18(17)29-14)19(26)13-30-20-21-22-23-25(20)15-7-3-4-8-16(15)27-2/h3-10,14H,11-13H2,1-2H3. The second-order valence-corrected chi connectivity index (χ2v) is 7.55. The summed E-state index contributed by atoms with van der Waals surface area (Å²) in [5.41, 5.74) is 0.708. The Hall–Kier alpha value is -3.27. The van der Waals surface area contributed by atoms with Gasteiger partial charge < -0.3 is 19.1 Å². The molecule has 2 heterocycles. The fourth-order valence-electron chi connectivity index (χ4n) is 3.02. The van der Waals surface area contributed by atoms with Crippen LogP contribution >= 0.6 is 11.8 Å². The Bertz CT molecular complexity index is 1030. The minimum atomic E-state index is -0.224. The number of aromatic nitrogens is 4. The third kappa shape index (κ3) is 4.33. The first-order valence-electron chi connectivity index (χ1n) is 9.32. The van der Waals surface area contributed by atoms with E-state index in [0.717, 1.165) is 5.75 Å². The fourth-order valence-corrected chi connectivity index (χ4v) is 3.85. The van der Waals surface area contributed by atoms with Gasteiger partial charge in [-0.25, -0.2) is 0 Å². The Morgan fingerprint density at radius 3 is 2.83 bits per heavy atom. The van der Waals surface area contributed by atoms with Gasteiger partial charge in [-0.05, 0) is 34.7 Å². The van der Waals surface area contributed by atoms with Crippen LogP contribution in [-0.2, 0) is 4.79 Å². The van der Waals surface area contributed by atoms with E-state index in [1.165, 1.54) is 11.8 Å². The van der Waals surface area contributed by atoms with Gasteiger partial charge >= 0.3 is 0 Å². The summed E-state index contributed by atoms with van der Waals surface area (Å²) in [5.74, 6) is 2.19. The summed E-state index contributed by atoms with van der Waals surface area (Å²) in [6.45, 7) is 0.818. The summed E-state index contributed by atoms with van der Waals surface area (Å²) in [6, 6.07) is 14.9. The van der Waals surface area contributed by atoms with Gasteiger partial charge in [-0.1, -0.05) is 36.0 Å². The van der Waals surface area contributed by atoms with Crippen molar-refractivity contribution in [1.29, 1.82) is 0 Å². The van der Waals surface area contributed by atoms with Crippen LogP contribution in [0.1, 0.15) is 0 Å². The van der Waals surface area contributed by atoms with Gasteiger partial charge in [-0.3, -0.25) is 4.79 Å². The zero-order valence-electron chi connectivity index (χ0n) is 16.6. The van der Waals surface area contributed by atoms with Crippen LogP contribution in [0.15, 0.2) is 53.7 Å². The molecule has 0 bridgehead atoms. The van der Waals surface area contributed by atoms with E-state index in [2.05, 4.69) is 15.5 Å². The molecule has 1 aliphatic rings. The molecule has 0 N–H and O–H groups in total. The average Bonchev–Trinajstić information content (AvgIpc) is 3.25. The fraction of sp³-hybridized carbons (Fsp3) is 0.300. The summed E-state index contributed by atoms with van der Waals surface area (Å²) in [6.07, 6.45) is -0.224. The van der Waals surface area contributed by atoms with E-state index in [1.54, 1.807) is 23.7 Å². The summed E-state index contributed by atoms with van der Waals surface area (Å²) in [5, 5.41) is 12.3. The highest BCUT2D eigenvalue weighted by Crippen LogP contribution is 2.31. The highest BCUT2D eigenvalue weighted by atomic mass is 32.2. The molecule has 0 saturated heterocycles. The Kier molecular flexibility index (Phi) is 6.03. The molecule has 4 rings (SSSR count). The quantitative estimate of drug-likeness (QED) is 0.529. The minimum Gasteiger partial charge on any atom is -0.494 e. The number of carbonyl (C=O) groups is 1. The molecule has 1 aromatic heterocycles. The van der Waals surface area contributed by atoms with Crippen molar-refractivity contribution in [2.75, 3.05) is 33.1 Å². The average molecular weight is 427 g/mol. The summed E-state index contributed by atoms with van der Waals surface area (Å²) in [7, 11) is 3.33. The van der Waals surface area contributed by atoms with Crippen molar-refractivity contribution in [2.24, 2.45) is 0 Å². The third-order valence-electron chi connectivity index (χ3n) is 4.55. The summed E-state index contributed by atoms with van der Waals surface area (Å²) in [4.78, 5) is 14.3. The number of thioether (sulfide) groups is 1. The molecule has 1 atom stereocenters. The van der Waals surface area contributed by atoms with Crippen LogP contribution in [0.5, 0.6) is 17.2 Å². The van der Waals surface area contributed by atoms with Crippen molar-refractivity contribution in [1.82, 2.24) is 25.1 Å². The lowest BCUT2D eigenvalue weighted by Gasteiger charge is -2.29. The lowest BCUT2D eigenvalue weighted by atomic mass is 10.2. The Labute approximate surface area is 177 Å². The molecule has 0 saturated carbocycles. The molecule has 0 aliphatic carbocycles. The molecule has 0 spiro atoms. The number of benzene rings is 2. The van der Waals surface area contributed by atoms with E-state index in [1.807, 2.05) is 48.5 Å². The van der Waals surface area contributed by atoms with Crippen molar-refractivity contribution in [3.8, 4) is 22.9 Å². The Morgan fingerprint density at radius 2 is 2.00 bits per heavy atom. The van der Waals surface area contributed by atoms with Gasteiger partial charge in [0, 0.05) is 7.05 Å².